The number of hydrogen-bond acceptors (Lipinski definition) is 2. The topological polar surface area (TPSA) is 20.3 Å². The van der Waals surface area contributed by atoms with Gasteiger partial charge in [0.2, 0.25) is 5.91 Å². The molecule has 0 fully saturated rings. The predicted octanol–water partition coefficient (Wildman–Crippen LogP) is 3.70. The zero-order valence-electron chi connectivity index (χ0n) is 10.5. The molecule has 0 aliphatic rings. The average molecular weight is 318 g/mol. The Kier molecular flexibility index (Phi) is 6.82. The molecule has 0 radical (unpaired) electrons. The SMILES string of the molecule is CC(C)N(CCBr)C(=O)CCCc1cccs1. The van der Waals surface area contributed by atoms with E-state index in [9.17, 15) is 4.79 Å². The summed E-state index contributed by atoms with van der Waals surface area (Å²) >= 11 is 5.16. The minimum absolute atomic E-state index is 0.274. The van der Waals surface area contributed by atoms with Crippen LogP contribution in [0.25, 0.3) is 0 Å². The first-order valence-corrected chi connectivity index (χ1v) is 8.03. The maximum Gasteiger partial charge on any atom is 0.222 e. The fourth-order valence-electron chi connectivity index (χ4n) is 1.77. The lowest BCUT2D eigenvalue weighted by molar-refractivity contribution is -0.132. The van der Waals surface area contributed by atoms with Crippen LogP contribution in [0.2, 0.25) is 0 Å². The Labute approximate surface area is 116 Å². The van der Waals surface area contributed by atoms with Crippen molar-refractivity contribution in [2.45, 2.75) is 39.2 Å². The normalized spacial score (nSPS) is 10.8. The van der Waals surface area contributed by atoms with Gasteiger partial charge in [-0.1, -0.05) is 22.0 Å². The highest BCUT2D eigenvalue weighted by Gasteiger charge is 2.15. The van der Waals surface area contributed by atoms with Gasteiger partial charge in [0.05, 0.1) is 0 Å². The summed E-state index contributed by atoms with van der Waals surface area (Å²) in [5.74, 6) is 0.274. The van der Waals surface area contributed by atoms with Crippen molar-refractivity contribution in [1.82, 2.24) is 4.90 Å². The minimum Gasteiger partial charge on any atom is -0.339 e. The van der Waals surface area contributed by atoms with Gasteiger partial charge in [-0.3, -0.25) is 4.79 Å². The van der Waals surface area contributed by atoms with E-state index in [0.717, 1.165) is 24.7 Å². The Morgan fingerprint density at radius 1 is 1.53 bits per heavy atom. The lowest BCUT2D eigenvalue weighted by Crippen LogP contribution is -2.38. The summed E-state index contributed by atoms with van der Waals surface area (Å²) in [6.45, 7) is 4.94. The highest BCUT2D eigenvalue weighted by molar-refractivity contribution is 9.09. The second-order valence-corrected chi connectivity index (χ2v) is 6.13. The second-order valence-electron chi connectivity index (χ2n) is 4.30. The number of halogens is 1. The van der Waals surface area contributed by atoms with Gasteiger partial charge in [0.25, 0.3) is 0 Å². The maximum absolute atomic E-state index is 12.0. The number of amides is 1. The predicted molar refractivity (Wildman–Crippen MR) is 77.9 cm³/mol. The molecule has 0 atom stereocenters. The van der Waals surface area contributed by atoms with E-state index >= 15 is 0 Å². The van der Waals surface area contributed by atoms with E-state index in [4.69, 9.17) is 0 Å². The van der Waals surface area contributed by atoms with E-state index in [-0.39, 0.29) is 5.91 Å². The van der Waals surface area contributed by atoms with Gasteiger partial charge in [0.1, 0.15) is 0 Å². The number of rotatable bonds is 7. The molecule has 1 rings (SSSR count). The van der Waals surface area contributed by atoms with Gasteiger partial charge in [0, 0.05) is 29.2 Å². The Hall–Kier alpha value is -0.350. The maximum atomic E-state index is 12.0. The molecule has 1 aromatic heterocycles. The largest absolute Gasteiger partial charge is 0.339 e. The van der Waals surface area contributed by atoms with Crippen LogP contribution in [0.5, 0.6) is 0 Å². The molecule has 0 saturated heterocycles. The second kappa shape index (κ2) is 7.88. The molecule has 0 unspecified atom stereocenters. The van der Waals surface area contributed by atoms with Crippen molar-refractivity contribution in [3.63, 3.8) is 0 Å². The monoisotopic (exact) mass is 317 g/mol. The molecule has 17 heavy (non-hydrogen) atoms. The molecule has 0 aromatic carbocycles. The first kappa shape index (κ1) is 14.7. The molecule has 0 spiro atoms. The average Bonchev–Trinajstić information content (AvgIpc) is 2.78. The van der Waals surface area contributed by atoms with Crippen molar-refractivity contribution >= 4 is 33.2 Å². The van der Waals surface area contributed by atoms with Crippen LogP contribution in [0, 0.1) is 0 Å². The third-order valence-electron chi connectivity index (χ3n) is 2.66. The number of aryl methyl sites for hydroxylation is 1. The smallest absolute Gasteiger partial charge is 0.222 e. The summed E-state index contributed by atoms with van der Waals surface area (Å²) in [4.78, 5) is 15.3. The summed E-state index contributed by atoms with van der Waals surface area (Å²) in [5.41, 5.74) is 0. The third-order valence-corrected chi connectivity index (χ3v) is 3.95. The molecule has 4 heteroatoms. The summed E-state index contributed by atoms with van der Waals surface area (Å²) in [7, 11) is 0. The molecule has 0 N–H and O–H groups in total. The van der Waals surface area contributed by atoms with Gasteiger partial charge in [-0.15, -0.1) is 11.3 Å². The molecule has 0 aliphatic carbocycles. The van der Waals surface area contributed by atoms with E-state index in [1.54, 1.807) is 11.3 Å². The number of alkyl halides is 1. The molecule has 2 nitrogen and oxygen atoms in total. The number of hydrogen-bond donors (Lipinski definition) is 0. The zero-order chi connectivity index (χ0) is 12.7. The van der Waals surface area contributed by atoms with Gasteiger partial charge in [-0.2, -0.15) is 0 Å². The molecule has 1 aromatic rings. The number of nitrogens with zero attached hydrogens (tertiary/aromatic N) is 1. The van der Waals surface area contributed by atoms with Crippen LogP contribution in [0.1, 0.15) is 31.6 Å². The van der Waals surface area contributed by atoms with Crippen LogP contribution in [0.4, 0.5) is 0 Å². The van der Waals surface area contributed by atoms with Crippen molar-refractivity contribution in [3.8, 4) is 0 Å². The van der Waals surface area contributed by atoms with E-state index in [0.29, 0.717) is 12.5 Å². The van der Waals surface area contributed by atoms with E-state index in [2.05, 4.69) is 47.3 Å². The van der Waals surface area contributed by atoms with Crippen molar-refractivity contribution in [2.24, 2.45) is 0 Å². The van der Waals surface area contributed by atoms with Gasteiger partial charge in [-0.25, -0.2) is 0 Å². The van der Waals surface area contributed by atoms with Crippen LogP contribution < -0.4 is 0 Å². The molecule has 0 saturated carbocycles. The van der Waals surface area contributed by atoms with Crippen molar-refractivity contribution in [2.75, 3.05) is 11.9 Å². The summed E-state index contributed by atoms with van der Waals surface area (Å²) in [5, 5.41) is 2.93. The summed E-state index contributed by atoms with van der Waals surface area (Å²) in [6.07, 6.45) is 2.62. The van der Waals surface area contributed by atoms with Crippen LogP contribution in [-0.4, -0.2) is 28.7 Å². The molecule has 1 amide bonds. The van der Waals surface area contributed by atoms with Crippen LogP contribution in [-0.2, 0) is 11.2 Å². The van der Waals surface area contributed by atoms with Crippen molar-refractivity contribution < 1.29 is 4.79 Å². The molecule has 96 valence electrons. The third kappa shape index (κ3) is 5.21. The number of carbonyl (C=O) groups is 1. The van der Waals surface area contributed by atoms with E-state index < -0.39 is 0 Å². The fraction of sp³-hybridized carbons (Fsp3) is 0.615. The van der Waals surface area contributed by atoms with Crippen molar-refractivity contribution in [1.29, 1.82) is 0 Å². The Bertz CT molecular complexity index is 324. The van der Waals surface area contributed by atoms with Gasteiger partial charge >= 0.3 is 0 Å². The van der Waals surface area contributed by atoms with Crippen LogP contribution in [0.15, 0.2) is 17.5 Å². The van der Waals surface area contributed by atoms with E-state index in [1.165, 1.54) is 4.88 Å². The minimum atomic E-state index is 0.274. The quantitative estimate of drug-likeness (QED) is 0.702. The standard InChI is InChI=1S/C13H20BrNOS/c1-11(2)15(9-8-14)13(16)7-3-5-12-6-4-10-17-12/h4,6,10-11H,3,5,7-9H2,1-2H3. The molecule has 0 bridgehead atoms. The highest BCUT2D eigenvalue weighted by atomic mass is 79.9. The highest BCUT2D eigenvalue weighted by Crippen LogP contribution is 2.13. The van der Waals surface area contributed by atoms with E-state index in [1.807, 2.05) is 4.90 Å². The molecule has 0 aliphatic heterocycles. The first-order valence-electron chi connectivity index (χ1n) is 6.03. The van der Waals surface area contributed by atoms with Gasteiger partial charge in [-0.05, 0) is 38.1 Å². The summed E-state index contributed by atoms with van der Waals surface area (Å²) < 4.78 is 0. The van der Waals surface area contributed by atoms with Crippen LogP contribution in [0.3, 0.4) is 0 Å². The van der Waals surface area contributed by atoms with Gasteiger partial charge in [0.15, 0.2) is 0 Å². The first-order chi connectivity index (χ1) is 8.15. The zero-order valence-corrected chi connectivity index (χ0v) is 12.9. The van der Waals surface area contributed by atoms with Crippen LogP contribution >= 0.6 is 27.3 Å². The number of carbonyl (C=O) groups excluding carboxylic acids is 1. The number of thiophene rings is 1. The molecule has 1 heterocycles. The Morgan fingerprint density at radius 2 is 2.29 bits per heavy atom. The lowest BCUT2D eigenvalue weighted by atomic mass is 10.2. The summed E-state index contributed by atoms with van der Waals surface area (Å²) in [6, 6.07) is 4.49. The Balaban J connectivity index is 2.31. The fourth-order valence-corrected chi connectivity index (χ4v) is 2.91. The van der Waals surface area contributed by atoms with Gasteiger partial charge < -0.3 is 4.90 Å². The Morgan fingerprint density at radius 3 is 2.82 bits per heavy atom. The lowest BCUT2D eigenvalue weighted by Gasteiger charge is -2.26. The van der Waals surface area contributed by atoms with Crippen molar-refractivity contribution in [3.05, 3.63) is 22.4 Å². The molecular formula is C13H20BrNOS. The molecular weight excluding hydrogens is 298 g/mol.